The summed E-state index contributed by atoms with van der Waals surface area (Å²) in [6.07, 6.45) is -0.791. The Morgan fingerprint density at radius 2 is 2.20 bits per heavy atom. The van der Waals surface area contributed by atoms with E-state index in [1.807, 2.05) is 6.07 Å². The van der Waals surface area contributed by atoms with E-state index in [2.05, 4.69) is 4.98 Å². The highest BCUT2D eigenvalue weighted by atomic mass is 16.3. The third-order valence-electron chi connectivity index (χ3n) is 2.05. The second kappa shape index (κ2) is 5.41. The molecule has 80 valence electrons. The number of hydrogen-bond donors (Lipinski definition) is 3. The van der Waals surface area contributed by atoms with Crippen LogP contribution in [0.4, 0.5) is 0 Å². The standard InChI is InChI=1S/C10H12N2O3/c11-6-8-7(2-1-4-12-8)10(15)9(14)3-5-13/h1-2,4,9-10,13-15H,3,5H2. The number of rotatable bonds is 4. The van der Waals surface area contributed by atoms with Crippen molar-refractivity contribution in [1.82, 2.24) is 4.98 Å². The van der Waals surface area contributed by atoms with Crippen molar-refractivity contribution in [3.05, 3.63) is 29.6 Å². The second-order valence-electron chi connectivity index (χ2n) is 3.08. The highest BCUT2D eigenvalue weighted by Gasteiger charge is 2.20. The largest absolute Gasteiger partial charge is 0.396 e. The van der Waals surface area contributed by atoms with Crippen LogP contribution in [0.25, 0.3) is 0 Å². The van der Waals surface area contributed by atoms with Crippen molar-refractivity contribution in [2.24, 2.45) is 0 Å². The minimum atomic E-state index is -1.19. The van der Waals surface area contributed by atoms with Crippen LogP contribution < -0.4 is 0 Å². The molecule has 5 nitrogen and oxygen atoms in total. The second-order valence-corrected chi connectivity index (χ2v) is 3.08. The van der Waals surface area contributed by atoms with E-state index in [9.17, 15) is 10.2 Å². The van der Waals surface area contributed by atoms with E-state index in [0.717, 1.165) is 0 Å². The Bertz CT molecular complexity index is 362. The molecule has 0 aliphatic heterocycles. The zero-order valence-electron chi connectivity index (χ0n) is 8.04. The van der Waals surface area contributed by atoms with Crippen LogP contribution in [-0.4, -0.2) is 33.0 Å². The SMILES string of the molecule is N#Cc1ncccc1C(O)C(O)CCO. The van der Waals surface area contributed by atoms with Crippen molar-refractivity contribution < 1.29 is 15.3 Å². The first-order valence-electron chi connectivity index (χ1n) is 4.52. The van der Waals surface area contributed by atoms with E-state index >= 15 is 0 Å². The molecule has 0 saturated carbocycles. The van der Waals surface area contributed by atoms with Crippen LogP contribution in [0.15, 0.2) is 18.3 Å². The fraction of sp³-hybridized carbons (Fsp3) is 0.400. The van der Waals surface area contributed by atoms with Gasteiger partial charge in [0.2, 0.25) is 0 Å². The lowest BCUT2D eigenvalue weighted by atomic mass is 10.0. The molecular weight excluding hydrogens is 196 g/mol. The van der Waals surface area contributed by atoms with Crippen molar-refractivity contribution >= 4 is 0 Å². The molecule has 0 amide bonds. The number of aliphatic hydroxyl groups excluding tert-OH is 3. The Morgan fingerprint density at radius 1 is 1.47 bits per heavy atom. The molecule has 5 heteroatoms. The first-order valence-corrected chi connectivity index (χ1v) is 4.52. The number of nitrogens with zero attached hydrogens (tertiary/aromatic N) is 2. The summed E-state index contributed by atoms with van der Waals surface area (Å²) in [4.78, 5) is 3.77. The molecular formula is C10H12N2O3. The molecule has 2 unspecified atom stereocenters. The molecule has 0 aromatic carbocycles. The van der Waals surface area contributed by atoms with Gasteiger partial charge in [-0.25, -0.2) is 4.98 Å². The Labute approximate surface area is 87.3 Å². The minimum Gasteiger partial charge on any atom is -0.396 e. The summed E-state index contributed by atoms with van der Waals surface area (Å²) in [5, 5.41) is 36.5. The smallest absolute Gasteiger partial charge is 0.146 e. The van der Waals surface area contributed by atoms with Gasteiger partial charge in [0.1, 0.15) is 17.9 Å². The predicted molar refractivity (Wildman–Crippen MR) is 51.6 cm³/mol. The number of hydrogen-bond acceptors (Lipinski definition) is 5. The zero-order chi connectivity index (χ0) is 11.3. The Hall–Kier alpha value is -1.48. The van der Waals surface area contributed by atoms with Gasteiger partial charge >= 0.3 is 0 Å². The lowest BCUT2D eigenvalue weighted by Gasteiger charge is -2.17. The maximum absolute atomic E-state index is 9.68. The quantitative estimate of drug-likeness (QED) is 0.632. The molecule has 15 heavy (non-hydrogen) atoms. The Morgan fingerprint density at radius 3 is 2.80 bits per heavy atom. The molecule has 0 aliphatic rings. The average molecular weight is 208 g/mol. The van der Waals surface area contributed by atoms with Crippen LogP contribution in [-0.2, 0) is 0 Å². The van der Waals surface area contributed by atoms with Gasteiger partial charge in [-0.05, 0) is 12.5 Å². The van der Waals surface area contributed by atoms with E-state index in [1.54, 1.807) is 6.07 Å². The predicted octanol–water partition coefficient (Wildman–Crippen LogP) is -0.270. The fourth-order valence-corrected chi connectivity index (χ4v) is 1.25. The molecule has 0 fully saturated rings. The minimum absolute atomic E-state index is 0.0565. The lowest BCUT2D eigenvalue weighted by molar-refractivity contribution is 0.00388. The summed E-state index contributed by atoms with van der Waals surface area (Å²) in [5.74, 6) is 0. The molecule has 0 bridgehead atoms. The van der Waals surface area contributed by atoms with E-state index in [1.165, 1.54) is 12.3 Å². The van der Waals surface area contributed by atoms with Crippen LogP contribution in [0.1, 0.15) is 23.8 Å². The maximum atomic E-state index is 9.68. The van der Waals surface area contributed by atoms with Gasteiger partial charge in [-0.1, -0.05) is 6.07 Å². The molecule has 0 radical (unpaired) electrons. The molecule has 1 aromatic rings. The molecule has 1 aromatic heterocycles. The van der Waals surface area contributed by atoms with Crippen molar-refractivity contribution in [1.29, 1.82) is 5.26 Å². The van der Waals surface area contributed by atoms with Crippen molar-refractivity contribution in [3.63, 3.8) is 0 Å². The molecule has 2 atom stereocenters. The van der Waals surface area contributed by atoms with Gasteiger partial charge in [-0.15, -0.1) is 0 Å². The molecule has 0 spiro atoms. The number of nitriles is 1. The van der Waals surface area contributed by atoms with Gasteiger partial charge in [0, 0.05) is 18.4 Å². The Balaban J connectivity index is 2.91. The van der Waals surface area contributed by atoms with E-state index < -0.39 is 12.2 Å². The molecule has 0 aliphatic carbocycles. The summed E-state index contributed by atoms with van der Waals surface area (Å²) in [7, 11) is 0. The highest BCUT2D eigenvalue weighted by molar-refractivity contribution is 5.32. The normalized spacial score (nSPS) is 14.3. The molecule has 1 heterocycles. The van der Waals surface area contributed by atoms with Gasteiger partial charge in [0.15, 0.2) is 0 Å². The first-order chi connectivity index (χ1) is 7.20. The molecule has 3 N–H and O–H groups in total. The van der Waals surface area contributed by atoms with E-state index in [0.29, 0.717) is 0 Å². The zero-order valence-corrected chi connectivity index (χ0v) is 8.04. The fourth-order valence-electron chi connectivity index (χ4n) is 1.25. The van der Waals surface area contributed by atoms with Crippen molar-refractivity contribution in [2.75, 3.05) is 6.61 Å². The van der Waals surface area contributed by atoms with Crippen LogP contribution in [0.3, 0.4) is 0 Å². The number of aliphatic hydroxyl groups is 3. The summed E-state index contributed by atoms with van der Waals surface area (Å²) in [6.45, 7) is -0.222. The van der Waals surface area contributed by atoms with Crippen LogP contribution in [0.5, 0.6) is 0 Å². The number of aromatic nitrogens is 1. The van der Waals surface area contributed by atoms with Crippen molar-refractivity contribution in [3.8, 4) is 6.07 Å². The van der Waals surface area contributed by atoms with Gasteiger partial charge in [-0.2, -0.15) is 5.26 Å². The average Bonchev–Trinajstić information content (AvgIpc) is 2.28. The lowest BCUT2D eigenvalue weighted by Crippen LogP contribution is -2.20. The molecule has 0 saturated heterocycles. The topological polar surface area (TPSA) is 97.4 Å². The first kappa shape index (κ1) is 11.6. The van der Waals surface area contributed by atoms with Gasteiger partial charge in [0.05, 0.1) is 6.10 Å². The van der Waals surface area contributed by atoms with Gasteiger partial charge in [0.25, 0.3) is 0 Å². The summed E-state index contributed by atoms with van der Waals surface area (Å²) >= 11 is 0. The van der Waals surface area contributed by atoms with Crippen LogP contribution >= 0.6 is 0 Å². The summed E-state index contributed by atoms with van der Waals surface area (Å²) < 4.78 is 0. The summed E-state index contributed by atoms with van der Waals surface area (Å²) in [5.41, 5.74) is 0.364. The summed E-state index contributed by atoms with van der Waals surface area (Å²) in [6, 6.07) is 4.93. The third kappa shape index (κ3) is 2.73. The van der Waals surface area contributed by atoms with Crippen molar-refractivity contribution in [2.45, 2.75) is 18.6 Å². The highest BCUT2D eigenvalue weighted by Crippen LogP contribution is 2.20. The van der Waals surface area contributed by atoms with Gasteiger partial charge in [-0.3, -0.25) is 0 Å². The third-order valence-corrected chi connectivity index (χ3v) is 2.05. The maximum Gasteiger partial charge on any atom is 0.146 e. The van der Waals surface area contributed by atoms with Crippen LogP contribution in [0, 0.1) is 11.3 Å². The van der Waals surface area contributed by atoms with E-state index in [-0.39, 0.29) is 24.3 Å². The molecule has 1 rings (SSSR count). The number of pyridine rings is 1. The van der Waals surface area contributed by atoms with Gasteiger partial charge < -0.3 is 15.3 Å². The monoisotopic (exact) mass is 208 g/mol. The Kier molecular flexibility index (Phi) is 4.18. The van der Waals surface area contributed by atoms with E-state index in [4.69, 9.17) is 10.4 Å². The van der Waals surface area contributed by atoms with Crippen LogP contribution in [0.2, 0.25) is 0 Å².